The van der Waals surface area contributed by atoms with Crippen LogP contribution >= 0.6 is 0 Å². The Labute approximate surface area is 149 Å². The number of pyridine rings is 1. The minimum Gasteiger partial charge on any atom is -0.323 e. The quantitative estimate of drug-likeness (QED) is 0.823. The zero-order valence-corrected chi connectivity index (χ0v) is 15.7. The largest absolute Gasteiger partial charge is 0.323 e. The number of carbonyl (C=O) groups excluding carboxylic acids is 1. The van der Waals surface area contributed by atoms with Gasteiger partial charge in [0, 0.05) is 5.69 Å². The third-order valence-electron chi connectivity index (χ3n) is 3.90. The molecule has 5 nitrogen and oxygen atoms in total. The van der Waals surface area contributed by atoms with Crippen LogP contribution in [0.1, 0.15) is 28.9 Å². The molecule has 0 saturated carbocycles. The Morgan fingerprint density at radius 3 is 2.44 bits per heavy atom. The van der Waals surface area contributed by atoms with E-state index in [1.807, 2.05) is 50.2 Å². The molecule has 0 aliphatic rings. The molecule has 0 aliphatic carbocycles. The Kier molecular flexibility index (Phi) is 6.31. The lowest BCUT2D eigenvalue weighted by atomic mass is 10.1. The minimum atomic E-state index is -3.44. The van der Waals surface area contributed by atoms with E-state index >= 15 is 0 Å². The average molecular weight is 360 g/mol. The van der Waals surface area contributed by atoms with E-state index in [0.29, 0.717) is 24.2 Å². The summed E-state index contributed by atoms with van der Waals surface area (Å²) >= 11 is 0. The van der Waals surface area contributed by atoms with Gasteiger partial charge in [-0.15, -0.1) is 0 Å². The molecule has 1 N–H and O–H groups in total. The van der Waals surface area contributed by atoms with Gasteiger partial charge in [0.25, 0.3) is 0 Å². The Bertz CT molecular complexity index is 823. The molecule has 1 amide bonds. The Morgan fingerprint density at radius 1 is 1.12 bits per heavy atom. The second-order valence-electron chi connectivity index (χ2n) is 6.27. The van der Waals surface area contributed by atoms with Crippen LogP contribution in [-0.4, -0.2) is 30.8 Å². The lowest BCUT2D eigenvalue weighted by Crippen LogP contribution is -2.25. The smallest absolute Gasteiger partial charge is 0.239 e. The minimum absolute atomic E-state index is 0.000569. The average Bonchev–Trinajstić information content (AvgIpc) is 2.51. The molecule has 134 valence electrons. The highest BCUT2D eigenvalue weighted by atomic mass is 32.2. The first-order valence-electron chi connectivity index (χ1n) is 8.26. The highest BCUT2D eigenvalue weighted by Gasteiger charge is 2.18. The molecule has 1 aromatic carbocycles. The summed E-state index contributed by atoms with van der Waals surface area (Å²) in [6.07, 6.45) is 1.19. The van der Waals surface area contributed by atoms with E-state index in [9.17, 15) is 13.2 Å². The summed E-state index contributed by atoms with van der Waals surface area (Å²) in [7, 11) is -3.44. The number of aryl methyl sites for hydroxylation is 4. The molecule has 0 aliphatic heterocycles. The van der Waals surface area contributed by atoms with Crippen molar-refractivity contribution >= 4 is 21.4 Å². The standard InChI is InChI=1S/C19H24N2O3S/c1-14-12-15(2)20-16(3)19(14)21-18(22)13-25(23,24)11-7-10-17-8-5-4-6-9-17/h4-6,8-9,12H,7,10-11,13H2,1-3H3,(H,21,22). The van der Waals surface area contributed by atoms with Crippen LogP contribution in [0, 0.1) is 20.8 Å². The third-order valence-corrected chi connectivity index (χ3v) is 5.52. The Hall–Kier alpha value is -2.21. The van der Waals surface area contributed by atoms with Gasteiger partial charge < -0.3 is 5.32 Å². The van der Waals surface area contributed by atoms with Crippen molar-refractivity contribution < 1.29 is 13.2 Å². The van der Waals surface area contributed by atoms with Crippen molar-refractivity contribution in [2.24, 2.45) is 0 Å². The molecule has 0 saturated heterocycles. The van der Waals surface area contributed by atoms with E-state index < -0.39 is 21.5 Å². The number of nitrogens with one attached hydrogen (secondary N) is 1. The van der Waals surface area contributed by atoms with Crippen LogP contribution in [0.3, 0.4) is 0 Å². The van der Waals surface area contributed by atoms with Crippen LogP contribution < -0.4 is 5.32 Å². The summed E-state index contributed by atoms with van der Waals surface area (Å²) in [5.74, 6) is -1.02. The highest BCUT2D eigenvalue weighted by molar-refractivity contribution is 7.92. The number of nitrogens with zero attached hydrogens (tertiary/aromatic N) is 1. The number of carbonyl (C=O) groups is 1. The van der Waals surface area contributed by atoms with Gasteiger partial charge in [-0.1, -0.05) is 30.3 Å². The van der Waals surface area contributed by atoms with Crippen molar-refractivity contribution in [3.8, 4) is 0 Å². The second kappa shape index (κ2) is 8.25. The van der Waals surface area contributed by atoms with E-state index in [1.54, 1.807) is 6.92 Å². The van der Waals surface area contributed by atoms with Crippen LogP contribution in [0.25, 0.3) is 0 Å². The molecule has 2 aromatic rings. The number of anilines is 1. The molecule has 0 fully saturated rings. The number of aromatic nitrogens is 1. The van der Waals surface area contributed by atoms with Crippen LogP contribution in [0.2, 0.25) is 0 Å². The van der Waals surface area contributed by atoms with Gasteiger partial charge in [0.15, 0.2) is 9.84 Å². The molecular formula is C19H24N2O3S. The van der Waals surface area contributed by atoms with Gasteiger partial charge >= 0.3 is 0 Å². The molecule has 1 aromatic heterocycles. The van der Waals surface area contributed by atoms with Gasteiger partial charge in [-0.25, -0.2) is 8.42 Å². The predicted molar refractivity (Wildman–Crippen MR) is 100 cm³/mol. The summed E-state index contributed by atoms with van der Waals surface area (Å²) in [4.78, 5) is 16.4. The summed E-state index contributed by atoms with van der Waals surface area (Å²) in [6, 6.07) is 11.6. The number of amides is 1. The Balaban J connectivity index is 1.90. The summed E-state index contributed by atoms with van der Waals surface area (Å²) in [6.45, 7) is 5.54. The van der Waals surface area contributed by atoms with Crippen molar-refractivity contribution in [2.75, 3.05) is 16.8 Å². The van der Waals surface area contributed by atoms with Crippen LogP contribution in [0.15, 0.2) is 36.4 Å². The van der Waals surface area contributed by atoms with E-state index in [0.717, 1.165) is 16.8 Å². The summed E-state index contributed by atoms with van der Waals surface area (Å²) in [5.41, 5.74) is 4.11. The second-order valence-corrected chi connectivity index (χ2v) is 8.45. The zero-order chi connectivity index (χ0) is 18.4. The monoisotopic (exact) mass is 360 g/mol. The SMILES string of the molecule is Cc1cc(C)c(NC(=O)CS(=O)(=O)CCCc2ccccc2)c(C)n1. The lowest BCUT2D eigenvalue weighted by Gasteiger charge is -2.12. The number of hydrogen-bond acceptors (Lipinski definition) is 4. The van der Waals surface area contributed by atoms with Crippen LogP contribution in [0.4, 0.5) is 5.69 Å². The van der Waals surface area contributed by atoms with Crippen molar-refractivity contribution in [1.29, 1.82) is 0 Å². The molecule has 0 spiro atoms. The van der Waals surface area contributed by atoms with E-state index in [1.165, 1.54) is 0 Å². The van der Waals surface area contributed by atoms with Gasteiger partial charge in [0.05, 0.1) is 17.1 Å². The molecule has 2 rings (SSSR count). The molecule has 6 heteroatoms. The maximum Gasteiger partial charge on any atom is 0.239 e. The van der Waals surface area contributed by atoms with Crippen molar-refractivity contribution in [3.05, 3.63) is 58.9 Å². The maximum atomic E-state index is 12.2. The molecule has 0 atom stereocenters. The van der Waals surface area contributed by atoms with Gasteiger partial charge in [0.2, 0.25) is 5.91 Å². The fraction of sp³-hybridized carbons (Fsp3) is 0.368. The first-order chi connectivity index (χ1) is 11.8. The van der Waals surface area contributed by atoms with Crippen LogP contribution in [0.5, 0.6) is 0 Å². The lowest BCUT2D eigenvalue weighted by molar-refractivity contribution is -0.113. The van der Waals surface area contributed by atoms with Gasteiger partial charge in [0.1, 0.15) is 5.75 Å². The van der Waals surface area contributed by atoms with Gasteiger partial charge in [-0.05, 0) is 50.8 Å². The predicted octanol–water partition coefficient (Wildman–Crippen LogP) is 2.99. The van der Waals surface area contributed by atoms with Gasteiger partial charge in [-0.2, -0.15) is 0 Å². The molecule has 0 radical (unpaired) electrons. The van der Waals surface area contributed by atoms with E-state index in [2.05, 4.69) is 10.3 Å². The molecular weight excluding hydrogens is 336 g/mol. The van der Waals surface area contributed by atoms with Crippen molar-refractivity contribution in [3.63, 3.8) is 0 Å². The molecule has 0 bridgehead atoms. The molecule has 0 unspecified atom stereocenters. The topological polar surface area (TPSA) is 76.1 Å². The van der Waals surface area contributed by atoms with Crippen molar-refractivity contribution in [1.82, 2.24) is 4.98 Å². The zero-order valence-electron chi connectivity index (χ0n) is 14.9. The first-order valence-corrected chi connectivity index (χ1v) is 10.1. The number of benzene rings is 1. The first kappa shape index (κ1) is 19.1. The van der Waals surface area contributed by atoms with Crippen LogP contribution in [-0.2, 0) is 21.1 Å². The Morgan fingerprint density at radius 2 is 1.80 bits per heavy atom. The summed E-state index contributed by atoms with van der Waals surface area (Å²) in [5, 5.41) is 2.69. The van der Waals surface area contributed by atoms with Crippen molar-refractivity contribution in [2.45, 2.75) is 33.6 Å². The fourth-order valence-corrected chi connectivity index (χ4v) is 4.00. The molecule has 1 heterocycles. The number of hydrogen-bond donors (Lipinski definition) is 1. The highest BCUT2D eigenvalue weighted by Crippen LogP contribution is 2.19. The third kappa shape index (κ3) is 5.98. The van der Waals surface area contributed by atoms with E-state index in [-0.39, 0.29) is 5.75 Å². The number of rotatable bonds is 7. The van der Waals surface area contributed by atoms with E-state index in [4.69, 9.17) is 0 Å². The normalized spacial score (nSPS) is 11.3. The van der Waals surface area contributed by atoms with Gasteiger partial charge in [-0.3, -0.25) is 9.78 Å². The summed E-state index contributed by atoms with van der Waals surface area (Å²) < 4.78 is 24.3. The number of sulfone groups is 1. The fourth-order valence-electron chi connectivity index (χ4n) is 2.80. The molecule has 25 heavy (non-hydrogen) atoms. The maximum absolute atomic E-state index is 12.2.